The van der Waals surface area contributed by atoms with Gasteiger partial charge in [-0.25, -0.2) is 0 Å². The molecule has 0 N–H and O–H groups in total. The molecule has 27 heavy (non-hydrogen) atoms. The summed E-state index contributed by atoms with van der Waals surface area (Å²) in [5, 5.41) is 0.226. The number of carbonyl (C=O) groups is 1. The summed E-state index contributed by atoms with van der Waals surface area (Å²) in [6, 6.07) is 0. The molecule has 2 rings (SSSR count). The van der Waals surface area contributed by atoms with Crippen molar-refractivity contribution >= 4 is 14.1 Å². The molecule has 0 bridgehead atoms. The largest absolute Gasteiger partial charge is 0.414 e. The van der Waals surface area contributed by atoms with Gasteiger partial charge in [0.25, 0.3) is 0 Å². The summed E-state index contributed by atoms with van der Waals surface area (Å²) >= 11 is 0. The highest BCUT2D eigenvalue weighted by molar-refractivity contribution is 6.74. The van der Waals surface area contributed by atoms with Crippen molar-refractivity contribution in [2.45, 2.75) is 111 Å². The van der Waals surface area contributed by atoms with Crippen molar-refractivity contribution in [1.29, 1.82) is 0 Å². The molecule has 2 aliphatic rings. The second-order valence-corrected chi connectivity index (χ2v) is 16.2. The van der Waals surface area contributed by atoms with Crippen LogP contribution in [0.2, 0.25) is 18.1 Å². The van der Waals surface area contributed by atoms with Gasteiger partial charge in [-0.15, -0.1) is 6.58 Å². The van der Waals surface area contributed by atoms with Gasteiger partial charge < -0.3 is 4.43 Å². The third-order valence-corrected chi connectivity index (χ3v) is 12.6. The van der Waals surface area contributed by atoms with Gasteiger partial charge in [-0.1, -0.05) is 40.2 Å². The second-order valence-electron chi connectivity index (χ2n) is 11.4. The molecule has 0 radical (unpaired) electrons. The Bertz CT molecular complexity index is 559. The van der Waals surface area contributed by atoms with E-state index in [0.29, 0.717) is 23.5 Å². The molecule has 0 spiro atoms. The highest BCUT2D eigenvalue weighted by Gasteiger charge is 2.52. The van der Waals surface area contributed by atoms with Crippen molar-refractivity contribution in [3.8, 4) is 0 Å². The Balaban J connectivity index is 2.13. The van der Waals surface area contributed by atoms with Gasteiger partial charge in [0.1, 0.15) is 5.78 Å². The number of Topliss-reactive ketones (excluding diaryl/α,β-unsaturated/α-hetero) is 1. The van der Waals surface area contributed by atoms with Gasteiger partial charge >= 0.3 is 0 Å². The van der Waals surface area contributed by atoms with Gasteiger partial charge in [0.2, 0.25) is 0 Å². The smallest absolute Gasteiger partial charge is 0.192 e. The Morgan fingerprint density at radius 2 is 1.96 bits per heavy atom. The molecule has 0 heterocycles. The maximum Gasteiger partial charge on any atom is 0.192 e. The van der Waals surface area contributed by atoms with Crippen LogP contribution >= 0.6 is 0 Å². The van der Waals surface area contributed by atoms with E-state index in [1.54, 1.807) is 0 Å². The first kappa shape index (κ1) is 22.9. The molecule has 0 aromatic rings. The van der Waals surface area contributed by atoms with E-state index in [9.17, 15) is 4.79 Å². The molecule has 0 saturated heterocycles. The lowest BCUT2D eigenvalue weighted by molar-refractivity contribution is -0.130. The molecule has 5 atom stereocenters. The second kappa shape index (κ2) is 8.14. The molecule has 2 fully saturated rings. The zero-order chi connectivity index (χ0) is 20.6. The highest BCUT2D eigenvalue weighted by Crippen LogP contribution is 2.57. The zero-order valence-electron chi connectivity index (χ0n) is 19.3. The number of rotatable bonds is 7. The molecule has 2 saturated carbocycles. The summed E-state index contributed by atoms with van der Waals surface area (Å²) in [6.07, 6.45) is 7.78. The predicted octanol–water partition coefficient (Wildman–Crippen LogP) is 7.15. The average molecular weight is 393 g/mol. The Morgan fingerprint density at radius 1 is 1.33 bits per heavy atom. The summed E-state index contributed by atoms with van der Waals surface area (Å²) in [5.74, 6) is 2.11. The lowest BCUT2D eigenvalue weighted by atomic mass is 9.62. The fraction of sp³-hybridized carbons (Fsp3) is 0.875. The number of carbonyl (C=O) groups excluding carboxylic acids is 1. The van der Waals surface area contributed by atoms with Gasteiger partial charge in [0, 0.05) is 18.4 Å². The lowest BCUT2D eigenvalue weighted by Crippen LogP contribution is -2.45. The third kappa shape index (κ3) is 4.96. The van der Waals surface area contributed by atoms with Crippen molar-refractivity contribution in [2.24, 2.45) is 23.2 Å². The fourth-order valence-corrected chi connectivity index (χ4v) is 7.01. The van der Waals surface area contributed by atoms with Gasteiger partial charge in [-0.05, 0) is 80.8 Å². The standard InChI is InChI=1S/C24H44O2Si/c1-17(2)15-19(26-27(8,9)23(4,5)6)16-18(3)20-12-13-21-22(25)11-10-14-24(20,21)7/h18-21H,1,10-16H2,2-9H3/t18?,19-,20-,21+,24-/m1/s1. The van der Waals surface area contributed by atoms with Crippen LogP contribution in [0.4, 0.5) is 0 Å². The van der Waals surface area contributed by atoms with E-state index < -0.39 is 8.32 Å². The molecule has 3 heteroatoms. The SMILES string of the molecule is C=C(C)C[C@H](CC(C)[C@H]1CC[C@H]2C(=O)CCC[C@]12C)O[Si](C)(C)C(C)(C)C. The lowest BCUT2D eigenvalue weighted by Gasteiger charge is -2.44. The van der Waals surface area contributed by atoms with Crippen molar-refractivity contribution in [2.75, 3.05) is 0 Å². The first-order valence-corrected chi connectivity index (χ1v) is 14.0. The van der Waals surface area contributed by atoms with Gasteiger partial charge in [0.15, 0.2) is 8.32 Å². The molecule has 2 aliphatic carbocycles. The van der Waals surface area contributed by atoms with Crippen molar-refractivity contribution < 1.29 is 9.22 Å². The van der Waals surface area contributed by atoms with Crippen LogP contribution in [0, 0.1) is 23.2 Å². The summed E-state index contributed by atoms with van der Waals surface area (Å²) in [5.41, 5.74) is 1.44. The third-order valence-electron chi connectivity index (χ3n) is 8.10. The van der Waals surface area contributed by atoms with Gasteiger partial charge in [-0.2, -0.15) is 0 Å². The monoisotopic (exact) mass is 392 g/mol. The van der Waals surface area contributed by atoms with Crippen LogP contribution in [0.15, 0.2) is 12.2 Å². The molecular formula is C24H44O2Si. The number of hydrogen-bond donors (Lipinski definition) is 0. The normalized spacial score (nSPS) is 31.5. The van der Waals surface area contributed by atoms with Crippen molar-refractivity contribution in [1.82, 2.24) is 0 Å². The van der Waals surface area contributed by atoms with Crippen molar-refractivity contribution in [3.63, 3.8) is 0 Å². The summed E-state index contributed by atoms with van der Waals surface area (Å²) in [4.78, 5) is 12.5. The first-order chi connectivity index (χ1) is 12.3. The Labute approximate surface area is 169 Å². The molecule has 0 amide bonds. The van der Waals surface area contributed by atoms with Crippen LogP contribution in [0.25, 0.3) is 0 Å². The Kier molecular flexibility index (Phi) is 6.90. The minimum absolute atomic E-state index is 0.222. The molecular weight excluding hydrogens is 348 g/mol. The van der Waals surface area contributed by atoms with Gasteiger partial charge in [-0.3, -0.25) is 4.79 Å². The first-order valence-electron chi connectivity index (χ1n) is 11.1. The molecule has 1 unspecified atom stereocenters. The minimum Gasteiger partial charge on any atom is -0.414 e. The summed E-state index contributed by atoms with van der Waals surface area (Å²) in [6.45, 7) is 22.8. The van der Waals surface area contributed by atoms with E-state index in [-0.39, 0.29) is 16.6 Å². The molecule has 0 aromatic carbocycles. The molecule has 0 aromatic heterocycles. The van der Waals surface area contributed by atoms with Crippen LogP contribution in [0.1, 0.15) is 86.5 Å². The molecule has 0 aliphatic heterocycles. The zero-order valence-corrected chi connectivity index (χ0v) is 20.3. The van der Waals surface area contributed by atoms with E-state index >= 15 is 0 Å². The van der Waals surface area contributed by atoms with E-state index in [2.05, 4.69) is 61.2 Å². The van der Waals surface area contributed by atoms with Crippen LogP contribution < -0.4 is 0 Å². The van der Waals surface area contributed by atoms with E-state index in [0.717, 1.165) is 32.1 Å². The number of ketones is 1. The maximum atomic E-state index is 12.5. The van der Waals surface area contributed by atoms with E-state index in [1.165, 1.54) is 18.4 Å². The highest BCUT2D eigenvalue weighted by atomic mass is 28.4. The van der Waals surface area contributed by atoms with Crippen LogP contribution in [-0.2, 0) is 9.22 Å². The maximum absolute atomic E-state index is 12.5. The van der Waals surface area contributed by atoms with Gasteiger partial charge in [0.05, 0.1) is 0 Å². The quantitative estimate of drug-likeness (QED) is 0.339. The van der Waals surface area contributed by atoms with E-state index in [4.69, 9.17) is 4.43 Å². The summed E-state index contributed by atoms with van der Waals surface area (Å²) in [7, 11) is -1.80. The predicted molar refractivity (Wildman–Crippen MR) is 118 cm³/mol. The van der Waals surface area contributed by atoms with Crippen molar-refractivity contribution in [3.05, 3.63) is 12.2 Å². The van der Waals surface area contributed by atoms with E-state index in [1.807, 2.05) is 0 Å². The average Bonchev–Trinajstić information content (AvgIpc) is 2.83. The molecule has 156 valence electrons. The van der Waals surface area contributed by atoms with Crippen LogP contribution in [-0.4, -0.2) is 20.2 Å². The fourth-order valence-electron chi connectivity index (χ4n) is 5.64. The summed E-state index contributed by atoms with van der Waals surface area (Å²) < 4.78 is 6.84. The number of hydrogen-bond acceptors (Lipinski definition) is 2. The minimum atomic E-state index is -1.80. The van der Waals surface area contributed by atoms with Crippen LogP contribution in [0.5, 0.6) is 0 Å². The topological polar surface area (TPSA) is 26.3 Å². The molecule has 2 nitrogen and oxygen atoms in total. The van der Waals surface area contributed by atoms with Crippen LogP contribution in [0.3, 0.4) is 0 Å². The Morgan fingerprint density at radius 3 is 2.52 bits per heavy atom. The number of fused-ring (bicyclic) bond motifs is 1. The Hall–Kier alpha value is -0.413.